The molecule has 2 N–H and O–H groups in total. The lowest BCUT2D eigenvalue weighted by molar-refractivity contribution is -0.138. The number of aromatic hydroxyl groups is 1. The van der Waals surface area contributed by atoms with Crippen molar-refractivity contribution in [3.63, 3.8) is 0 Å². The SMILES string of the molecule is CCC1C(=O)NC(=O)CN1C(=O)c1ccc(C)cc1O. The zero-order valence-corrected chi connectivity index (χ0v) is 11.3. The van der Waals surface area contributed by atoms with E-state index in [2.05, 4.69) is 5.32 Å². The maximum atomic E-state index is 12.4. The number of carbonyl (C=O) groups is 3. The summed E-state index contributed by atoms with van der Waals surface area (Å²) in [5.74, 6) is -1.66. The minimum atomic E-state index is -0.694. The second-order valence-corrected chi connectivity index (χ2v) is 4.79. The summed E-state index contributed by atoms with van der Waals surface area (Å²) < 4.78 is 0. The molecule has 1 aromatic carbocycles. The summed E-state index contributed by atoms with van der Waals surface area (Å²) in [7, 11) is 0. The van der Waals surface area contributed by atoms with Crippen LogP contribution in [0.3, 0.4) is 0 Å². The number of aryl methyl sites for hydroxylation is 1. The molecule has 3 amide bonds. The smallest absolute Gasteiger partial charge is 0.258 e. The second-order valence-electron chi connectivity index (χ2n) is 4.79. The van der Waals surface area contributed by atoms with E-state index in [1.54, 1.807) is 19.9 Å². The number of nitrogens with zero attached hydrogens (tertiary/aromatic N) is 1. The van der Waals surface area contributed by atoms with Crippen molar-refractivity contribution in [2.75, 3.05) is 6.54 Å². The van der Waals surface area contributed by atoms with Gasteiger partial charge in [-0.2, -0.15) is 0 Å². The molecule has 0 aromatic heterocycles. The molecule has 1 aliphatic rings. The number of nitrogens with one attached hydrogen (secondary N) is 1. The maximum absolute atomic E-state index is 12.4. The minimum absolute atomic E-state index is 0.0940. The first kappa shape index (κ1) is 14.0. The predicted octanol–water partition coefficient (Wildman–Crippen LogP) is 0.578. The molecule has 6 nitrogen and oxygen atoms in total. The first-order valence-corrected chi connectivity index (χ1v) is 6.38. The Bertz CT molecular complexity index is 583. The van der Waals surface area contributed by atoms with Crippen LogP contribution in [-0.4, -0.2) is 40.3 Å². The molecule has 106 valence electrons. The summed E-state index contributed by atoms with van der Waals surface area (Å²) in [6.45, 7) is 3.37. The number of phenolic OH excluding ortho intramolecular Hbond substituents is 1. The number of amides is 3. The van der Waals surface area contributed by atoms with E-state index in [-0.39, 0.29) is 17.9 Å². The number of hydrogen-bond donors (Lipinski definition) is 2. The van der Waals surface area contributed by atoms with Gasteiger partial charge in [0.05, 0.1) is 5.56 Å². The number of carbonyl (C=O) groups excluding carboxylic acids is 3. The van der Waals surface area contributed by atoms with Gasteiger partial charge < -0.3 is 10.0 Å². The monoisotopic (exact) mass is 276 g/mol. The molecule has 0 aliphatic carbocycles. The van der Waals surface area contributed by atoms with Crippen LogP contribution in [0.5, 0.6) is 5.75 Å². The Balaban J connectivity index is 2.34. The molecule has 6 heteroatoms. The summed E-state index contributed by atoms with van der Waals surface area (Å²) in [6.07, 6.45) is 0.400. The Morgan fingerprint density at radius 3 is 2.75 bits per heavy atom. The summed E-state index contributed by atoms with van der Waals surface area (Å²) in [6, 6.07) is 3.97. The zero-order valence-electron chi connectivity index (χ0n) is 11.3. The van der Waals surface area contributed by atoms with Crippen molar-refractivity contribution >= 4 is 17.7 Å². The molecule has 0 saturated carbocycles. The summed E-state index contributed by atoms with van der Waals surface area (Å²) in [4.78, 5) is 36.8. The van der Waals surface area contributed by atoms with Gasteiger partial charge in [-0.3, -0.25) is 19.7 Å². The van der Waals surface area contributed by atoms with E-state index < -0.39 is 23.8 Å². The van der Waals surface area contributed by atoms with Gasteiger partial charge >= 0.3 is 0 Å². The van der Waals surface area contributed by atoms with Crippen LogP contribution in [0.4, 0.5) is 0 Å². The molecule has 2 rings (SSSR count). The minimum Gasteiger partial charge on any atom is -0.507 e. The molecule has 0 bridgehead atoms. The van der Waals surface area contributed by atoms with Crippen molar-refractivity contribution in [1.82, 2.24) is 10.2 Å². The average molecular weight is 276 g/mol. The Hall–Kier alpha value is -2.37. The van der Waals surface area contributed by atoms with Crippen molar-refractivity contribution in [1.29, 1.82) is 0 Å². The second kappa shape index (κ2) is 5.32. The third-order valence-corrected chi connectivity index (χ3v) is 3.29. The number of rotatable bonds is 2. The van der Waals surface area contributed by atoms with Crippen molar-refractivity contribution < 1.29 is 19.5 Å². The van der Waals surface area contributed by atoms with Gasteiger partial charge in [0, 0.05) is 0 Å². The van der Waals surface area contributed by atoms with Gasteiger partial charge in [0.15, 0.2) is 0 Å². The molecule has 1 aromatic rings. The van der Waals surface area contributed by atoms with Crippen LogP contribution in [0.1, 0.15) is 29.3 Å². The van der Waals surface area contributed by atoms with Gasteiger partial charge in [-0.25, -0.2) is 0 Å². The standard InChI is InChI=1S/C14H16N2O4/c1-3-10-13(19)15-12(18)7-16(10)14(20)9-5-4-8(2)6-11(9)17/h4-6,10,17H,3,7H2,1-2H3,(H,15,18,19). The van der Waals surface area contributed by atoms with Gasteiger partial charge in [0.1, 0.15) is 18.3 Å². The molecule has 20 heavy (non-hydrogen) atoms. The number of imide groups is 1. The van der Waals surface area contributed by atoms with E-state index >= 15 is 0 Å². The van der Waals surface area contributed by atoms with E-state index in [0.29, 0.717) is 6.42 Å². The molecule has 1 heterocycles. The molecular formula is C14H16N2O4. The van der Waals surface area contributed by atoms with Gasteiger partial charge in [-0.1, -0.05) is 13.0 Å². The Morgan fingerprint density at radius 1 is 1.45 bits per heavy atom. The summed E-state index contributed by atoms with van der Waals surface area (Å²) >= 11 is 0. The fraction of sp³-hybridized carbons (Fsp3) is 0.357. The van der Waals surface area contributed by atoms with E-state index in [0.717, 1.165) is 5.56 Å². The number of phenols is 1. The third-order valence-electron chi connectivity index (χ3n) is 3.29. The molecule has 1 atom stereocenters. The fourth-order valence-electron chi connectivity index (χ4n) is 2.26. The highest BCUT2D eigenvalue weighted by molar-refractivity contribution is 6.07. The predicted molar refractivity (Wildman–Crippen MR) is 71.1 cm³/mol. The van der Waals surface area contributed by atoms with Gasteiger partial charge in [-0.05, 0) is 31.0 Å². The largest absolute Gasteiger partial charge is 0.507 e. The molecule has 1 aliphatic heterocycles. The molecule has 1 unspecified atom stereocenters. The molecule has 0 radical (unpaired) electrons. The lowest BCUT2D eigenvalue weighted by Gasteiger charge is -2.33. The van der Waals surface area contributed by atoms with Crippen molar-refractivity contribution in [3.8, 4) is 5.75 Å². The van der Waals surface area contributed by atoms with E-state index in [9.17, 15) is 19.5 Å². The van der Waals surface area contributed by atoms with Crippen LogP contribution in [0, 0.1) is 6.92 Å². The van der Waals surface area contributed by atoms with Crippen LogP contribution in [0.15, 0.2) is 18.2 Å². The Morgan fingerprint density at radius 2 is 2.15 bits per heavy atom. The van der Waals surface area contributed by atoms with Crippen LogP contribution in [-0.2, 0) is 9.59 Å². The fourth-order valence-corrected chi connectivity index (χ4v) is 2.26. The highest BCUT2D eigenvalue weighted by Gasteiger charge is 2.36. The Labute approximate surface area is 116 Å². The van der Waals surface area contributed by atoms with Crippen molar-refractivity contribution in [2.45, 2.75) is 26.3 Å². The molecule has 0 spiro atoms. The lowest BCUT2D eigenvalue weighted by atomic mass is 10.1. The van der Waals surface area contributed by atoms with Crippen molar-refractivity contribution in [3.05, 3.63) is 29.3 Å². The summed E-state index contributed by atoms with van der Waals surface area (Å²) in [5.41, 5.74) is 0.912. The average Bonchev–Trinajstić information content (AvgIpc) is 2.37. The quantitative estimate of drug-likeness (QED) is 0.773. The lowest BCUT2D eigenvalue weighted by Crippen LogP contribution is -2.59. The number of hydrogen-bond acceptors (Lipinski definition) is 4. The van der Waals surface area contributed by atoms with Gasteiger partial charge in [0.25, 0.3) is 5.91 Å². The number of benzene rings is 1. The van der Waals surface area contributed by atoms with Gasteiger partial charge in [0.2, 0.25) is 11.8 Å². The normalized spacial score (nSPS) is 18.9. The van der Waals surface area contributed by atoms with E-state index in [1.807, 2.05) is 0 Å². The van der Waals surface area contributed by atoms with Crippen LogP contribution in [0.2, 0.25) is 0 Å². The first-order chi connectivity index (χ1) is 9.43. The molecule has 1 fully saturated rings. The highest BCUT2D eigenvalue weighted by atomic mass is 16.3. The molecule has 1 saturated heterocycles. The third kappa shape index (κ3) is 2.49. The van der Waals surface area contributed by atoms with Crippen LogP contribution in [0.25, 0.3) is 0 Å². The highest BCUT2D eigenvalue weighted by Crippen LogP contribution is 2.22. The van der Waals surface area contributed by atoms with E-state index in [1.165, 1.54) is 17.0 Å². The van der Waals surface area contributed by atoms with E-state index in [4.69, 9.17) is 0 Å². The van der Waals surface area contributed by atoms with Crippen LogP contribution >= 0.6 is 0 Å². The Kier molecular flexibility index (Phi) is 3.74. The number of piperazine rings is 1. The van der Waals surface area contributed by atoms with Crippen molar-refractivity contribution in [2.24, 2.45) is 0 Å². The maximum Gasteiger partial charge on any atom is 0.258 e. The topological polar surface area (TPSA) is 86.7 Å². The first-order valence-electron chi connectivity index (χ1n) is 6.38. The molecular weight excluding hydrogens is 260 g/mol. The summed E-state index contributed by atoms with van der Waals surface area (Å²) in [5, 5.41) is 12.1. The zero-order chi connectivity index (χ0) is 14.9. The van der Waals surface area contributed by atoms with Crippen LogP contribution < -0.4 is 5.32 Å². The van der Waals surface area contributed by atoms with Gasteiger partial charge in [-0.15, -0.1) is 0 Å².